The van der Waals surface area contributed by atoms with Crippen LogP contribution in [-0.4, -0.2) is 40.8 Å². The fraction of sp³-hybridized carbons (Fsp3) is 0.412. The van der Waals surface area contributed by atoms with Crippen LogP contribution in [0.2, 0.25) is 0 Å². The number of rotatable bonds is 3. The summed E-state index contributed by atoms with van der Waals surface area (Å²) in [5.41, 5.74) is 1.44. The molecule has 132 valence electrons. The molecule has 7 nitrogen and oxygen atoms in total. The van der Waals surface area contributed by atoms with Gasteiger partial charge in [-0.2, -0.15) is 4.31 Å². The van der Waals surface area contributed by atoms with Gasteiger partial charge in [0.2, 0.25) is 10.0 Å². The molecular formula is C17H20N4O3S. The van der Waals surface area contributed by atoms with Crippen molar-refractivity contribution in [2.24, 2.45) is 0 Å². The Hall–Kier alpha value is -2.19. The Bertz CT molecular complexity index is 931. The second kappa shape index (κ2) is 5.96. The van der Waals surface area contributed by atoms with E-state index >= 15 is 0 Å². The van der Waals surface area contributed by atoms with Crippen LogP contribution in [0.3, 0.4) is 0 Å². The highest BCUT2D eigenvalue weighted by atomic mass is 32.2. The molecule has 2 heterocycles. The van der Waals surface area contributed by atoms with Crippen LogP contribution in [0.4, 0.5) is 0 Å². The number of para-hydroxylation sites is 1. The van der Waals surface area contributed by atoms with Gasteiger partial charge in [-0.1, -0.05) is 19.1 Å². The summed E-state index contributed by atoms with van der Waals surface area (Å²) in [6, 6.07) is 7.03. The minimum atomic E-state index is -3.61. The smallest absolute Gasteiger partial charge is 0.272 e. The second-order valence-electron chi connectivity index (χ2n) is 6.41. The van der Waals surface area contributed by atoms with Gasteiger partial charge >= 0.3 is 0 Å². The number of imidazole rings is 1. The van der Waals surface area contributed by atoms with Crippen molar-refractivity contribution >= 4 is 15.9 Å². The molecule has 1 saturated carbocycles. The van der Waals surface area contributed by atoms with Gasteiger partial charge in [-0.05, 0) is 31.4 Å². The zero-order valence-electron chi connectivity index (χ0n) is 14.0. The van der Waals surface area contributed by atoms with Crippen LogP contribution in [0.25, 0.3) is 5.69 Å². The zero-order chi connectivity index (χ0) is 17.6. The monoisotopic (exact) mass is 360 g/mol. The number of hydrogen-bond donors (Lipinski definition) is 1. The minimum absolute atomic E-state index is 0.126. The molecule has 0 saturated heterocycles. The van der Waals surface area contributed by atoms with E-state index in [-0.39, 0.29) is 23.4 Å². The summed E-state index contributed by atoms with van der Waals surface area (Å²) in [6.07, 6.45) is 4.64. The van der Waals surface area contributed by atoms with Crippen molar-refractivity contribution in [2.75, 3.05) is 6.54 Å². The standard InChI is InChI=1S/C17H20N4O3S/c1-2-20-10-14-16(17(22)19-12-6-5-7-12)18-11-21(14)13-8-3-4-9-15(13)25(20,23)24/h3-4,8-9,11-12H,2,5-7,10H2,1H3,(H,19,22). The number of carbonyl (C=O) groups is 1. The topological polar surface area (TPSA) is 84.3 Å². The third kappa shape index (κ3) is 2.56. The van der Waals surface area contributed by atoms with Crippen LogP contribution in [-0.2, 0) is 16.6 Å². The number of carbonyl (C=O) groups excluding carboxylic acids is 1. The van der Waals surface area contributed by atoms with Crippen molar-refractivity contribution in [1.82, 2.24) is 19.2 Å². The maximum atomic E-state index is 12.9. The molecule has 1 aliphatic heterocycles. The first-order valence-corrected chi connectivity index (χ1v) is 9.93. The Labute approximate surface area is 146 Å². The number of aromatic nitrogens is 2. The number of benzene rings is 1. The van der Waals surface area contributed by atoms with Gasteiger partial charge in [-0.3, -0.25) is 9.36 Å². The quantitative estimate of drug-likeness (QED) is 0.902. The van der Waals surface area contributed by atoms with Gasteiger partial charge in [-0.25, -0.2) is 13.4 Å². The summed E-state index contributed by atoms with van der Waals surface area (Å²) in [4.78, 5) is 17.1. The van der Waals surface area contributed by atoms with Crippen molar-refractivity contribution < 1.29 is 13.2 Å². The fourth-order valence-electron chi connectivity index (χ4n) is 3.28. The number of hydrogen-bond acceptors (Lipinski definition) is 4. The van der Waals surface area contributed by atoms with Crippen molar-refractivity contribution in [2.45, 2.75) is 43.7 Å². The predicted molar refractivity (Wildman–Crippen MR) is 91.9 cm³/mol. The van der Waals surface area contributed by atoms with Crippen LogP contribution >= 0.6 is 0 Å². The van der Waals surface area contributed by atoms with Gasteiger partial charge in [-0.15, -0.1) is 0 Å². The van der Waals surface area contributed by atoms with Crippen molar-refractivity contribution in [3.63, 3.8) is 0 Å². The predicted octanol–water partition coefficient (Wildman–Crippen LogP) is 1.68. The third-order valence-electron chi connectivity index (χ3n) is 4.94. The normalized spacial score (nSPS) is 19.4. The van der Waals surface area contributed by atoms with E-state index in [0.29, 0.717) is 23.6 Å². The van der Waals surface area contributed by atoms with Gasteiger partial charge in [0.25, 0.3) is 5.91 Å². The first-order valence-electron chi connectivity index (χ1n) is 8.49. The molecule has 1 aromatic carbocycles. The molecule has 1 aliphatic carbocycles. The van der Waals surface area contributed by atoms with E-state index in [0.717, 1.165) is 19.3 Å². The lowest BCUT2D eigenvalue weighted by molar-refractivity contribution is 0.0910. The van der Waals surface area contributed by atoms with E-state index in [1.165, 1.54) is 4.31 Å². The number of nitrogens with one attached hydrogen (secondary N) is 1. The molecule has 0 bridgehead atoms. The fourth-order valence-corrected chi connectivity index (χ4v) is 4.87. The molecule has 2 aliphatic rings. The van der Waals surface area contributed by atoms with Crippen LogP contribution in [0.1, 0.15) is 42.4 Å². The van der Waals surface area contributed by atoms with Crippen molar-refractivity contribution in [3.05, 3.63) is 42.0 Å². The molecule has 1 fully saturated rings. The SMILES string of the molecule is CCN1Cc2c(C(=O)NC3CCC3)ncn2-c2ccccc2S1(=O)=O. The lowest BCUT2D eigenvalue weighted by atomic mass is 9.93. The highest BCUT2D eigenvalue weighted by Gasteiger charge is 2.34. The summed E-state index contributed by atoms with van der Waals surface area (Å²) in [6.45, 7) is 2.24. The van der Waals surface area contributed by atoms with E-state index < -0.39 is 10.0 Å². The molecule has 4 rings (SSSR count). The van der Waals surface area contributed by atoms with Crippen LogP contribution in [0.5, 0.6) is 0 Å². The molecule has 8 heteroatoms. The number of amides is 1. The Morgan fingerprint density at radius 3 is 2.76 bits per heavy atom. The first-order chi connectivity index (χ1) is 12.0. The van der Waals surface area contributed by atoms with E-state index in [2.05, 4.69) is 10.3 Å². The van der Waals surface area contributed by atoms with Crippen LogP contribution in [0, 0.1) is 0 Å². The van der Waals surface area contributed by atoms with Crippen LogP contribution in [0.15, 0.2) is 35.5 Å². The molecule has 1 N–H and O–H groups in total. The average Bonchev–Trinajstić information content (AvgIpc) is 2.95. The summed E-state index contributed by atoms with van der Waals surface area (Å²) >= 11 is 0. The summed E-state index contributed by atoms with van der Waals surface area (Å²) in [7, 11) is -3.61. The molecule has 0 unspecified atom stereocenters. The summed E-state index contributed by atoms with van der Waals surface area (Å²) in [5, 5.41) is 2.98. The summed E-state index contributed by atoms with van der Waals surface area (Å²) in [5.74, 6) is -0.230. The largest absolute Gasteiger partial charge is 0.348 e. The highest BCUT2D eigenvalue weighted by molar-refractivity contribution is 7.89. The number of sulfonamides is 1. The first kappa shape index (κ1) is 16.3. The number of fused-ring (bicyclic) bond motifs is 3. The van der Waals surface area contributed by atoms with Crippen molar-refractivity contribution in [1.29, 1.82) is 0 Å². The molecule has 0 atom stereocenters. The van der Waals surface area contributed by atoms with Gasteiger partial charge in [0.05, 0.1) is 17.9 Å². The Morgan fingerprint density at radius 2 is 2.08 bits per heavy atom. The lowest BCUT2D eigenvalue weighted by Crippen LogP contribution is -2.40. The molecular weight excluding hydrogens is 340 g/mol. The van der Waals surface area contributed by atoms with Crippen LogP contribution < -0.4 is 5.32 Å². The molecule has 0 radical (unpaired) electrons. The van der Waals surface area contributed by atoms with E-state index in [1.54, 1.807) is 42.1 Å². The van der Waals surface area contributed by atoms with Gasteiger partial charge in [0.15, 0.2) is 5.69 Å². The number of nitrogens with zero attached hydrogens (tertiary/aromatic N) is 3. The maximum absolute atomic E-state index is 12.9. The van der Waals surface area contributed by atoms with E-state index in [9.17, 15) is 13.2 Å². The molecule has 0 spiro atoms. The summed E-state index contributed by atoms with van der Waals surface area (Å²) < 4.78 is 29.0. The third-order valence-corrected chi connectivity index (χ3v) is 6.91. The second-order valence-corrected chi connectivity index (χ2v) is 8.32. The van der Waals surface area contributed by atoms with Crippen molar-refractivity contribution in [3.8, 4) is 5.69 Å². The molecule has 1 amide bonds. The van der Waals surface area contributed by atoms with Gasteiger partial charge in [0.1, 0.15) is 11.2 Å². The van der Waals surface area contributed by atoms with E-state index in [1.807, 2.05) is 0 Å². The molecule has 1 aromatic heterocycles. The maximum Gasteiger partial charge on any atom is 0.272 e. The van der Waals surface area contributed by atoms with Gasteiger partial charge in [0, 0.05) is 12.6 Å². The lowest BCUT2D eigenvalue weighted by Gasteiger charge is -2.26. The Kier molecular flexibility index (Phi) is 3.88. The Balaban J connectivity index is 1.83. The zero-order valence-corrected chi connectivity index (χ0v) is 14.8. The molecule has 2 aromatic rings. The van der Waals surface area contributed by atoms with E-state index in [4.69, 9.17) is 0 Å². The molecule has 25 heavy (non-hydrogen) atoms. The minimum Gasteiger partial charge on any atom is -0.348 e. The van der Waals surface area contributed by atoms with Gasteiger partial charge < -0.3 is 5.32 Å². The Morgan fingerprint density at radius 1 is 1.32 bits per heavy atom. The average molecular weight is 360 g/mol. The highest BCUT2D eigenvalue weighted by Crippen LogP contribution is 2.31.